The molecule has 0 fully saturated rings. The van der Waals surface area contributed by atoms with Gasteiger partial charge < -0.3 is 33.8 Å². The zero-order valence-corrected chi connectivity index (χ0v) is 61.1. The molecule has 0 aliphatic rings. The fourth-order valence-electron chi connectivity index (χ4n) is 10.9. The highest BCUT2D eigenvalue weighted by molar-refractivity contribution is 7.47. The van der Waals surface area contributed by atoms with Gasteiger partial charge in [0.2, 0.25) is 0 Å². The van der Waals surface area contributed by atoms with Gasteiger partial charge in [-0.15, -0.1) is 0 Å². The number of aliphatic hydroxyl groups excluding tert-OH is 1. The molecule has 0 radical (unpaired) electrons. The zero-order chi connectivity index (χ0) is 67.3. The maximum Gasteiger partial charge on any atom is 0.472 e. The highest BCUT2D eigenvalue weighted by Crippen LogP contribution is 2.45. The summed E-state index contributed by atoms with van der Waals surface area (Å²) in [5.74, 6) is 0.215. The number of carbonyl (C=O) groups is 4. The van der Waals surface area contributed by atoms with Crippen LogP contribution in [0.5, 0.6) is 0 Å². The fraction of sp³-hybridized carbons (Fsp3) is 0.944. The van der Waals surface area contributed by atoms with Gasteiger partial charge in [-0.3, -0.25) is 37.3 Å². The van der Waals surface area contributed by atoms with Crippen molar-refractivity contribution in [1.29, 1.82) is 0 Å². The number of hydrogen-bond donors (Lipinski definition) is 3. The number of phosphoric ester groups is 2. The van der Waals surface area contributed by atoms with Gasteiger partial charge in [0.05, 0.1) is 26.4 Å². The smallest absolute Gasteiger partial charge is 0.462 e. The first-order valence-electron chi connectivity index (χ1n) is 37.4. The van der Waals surface area contributed by atoms with E-state index in [1.807, 2.05) is 0 Å². The Morgan fingerprint density at radius 3 is 0.835 bits per heavy atom. The predicted molar refractivity (Wildman–Crippen MR) is 368 cm³/mol. The number of unbranched alkanes of at least 4 members (excludes halogenated alkanes) is 37. The van der Waals surface area contributed by atoms with Crippen molar-refractivity contribution in [3.63, 3.8) is 0 Å². The van der Waals surface area contributed by atoms with Crippen molar-refractivity contribution < 1.29 is 80.2 Å². The Hall–Kier alpha value is -1.94. The van der Waals surface area contributed by atoms with E-state index in [1.54, 1.807) is 0 Å². The van der Waals surface area contributed by atoms with Crippen molar-refractivity contribution >= 4 is 39.5 Å². The van der Waals surface area contributed by atoms with Crippen LogP contribution in [0.4, 0.5) is 0 Å². The van der Waals surface area contributed by atoms with Crippen LogP contribution in [0.1, 0.15) is 363 Å². The molecule has 3 unspecified atom stereocenters. The van der Waals surface area contributed by atoms with Crippen molar-refractivity contribution in [3.05, 3.63) is 0 Å². The van der Waals surface area contributed by atoms with Crippen LogP contribution in [0.3, 0.4) is 0 Å². The predicted octanol–water partition coefficient (Wildman–Crippen LogP) is 20.6. The average Bonchev–Trinajstić information content (AvgIpc) is 3.15. The largest absolute Gasteiger partial charge is 0.472 e. The molecule has 0 aliphatic heterocycles. The number of ether oxygens (including phenoxy) is 4. The zero-order valence-electron chi connectivity index (χ0n) is 59.3. The third kappa shape index (κ3) is 65.1. The van der Waals surface area contributed by atoms with Crippen molar-refractivity contribution in [3.8, 4) is 0 Å². The summed E-state index contributed by atoms with van der Waals surface area (Å²) in [6.45, 7) is 11.9. The Bertz CT molecular complexity index is 1790. The summed E-state index contributed by atoms with van der Waals surface area (Å²) < 4.78 is 68.4. The van der Waals surface area contributed by atoms with E-state index in [9.17, 15) is 43.2 Å². The van der Waals surface area contributed by atoms with Crippen molar-refractivity contribution in [2.24, 2.45) is 17.8 Å². The quantitative estimate of drug-likeness (QED) is 0.0222. The fourth-order valence-corrected chi connectivity index (χ4v) is 12.4. The Morgan fingerprint density at radius 2 is 0.560 bits per heavy atom. The van der Waals surface area contributed by atoms with Crippen LogP contribution in [0.2, 0.25) is 0 Å². The van der Waals surface area contributed by atoms with Crippen LogP contribution in [0, 0.1) is 17.8 Å². The molecule has 19 heteroatoms. The monoisotopic (exact) mass is 1340 g/mol. The molecule has 17 nitrogen and oxygen atoms in total. The van der Waals surface area contributed by atoms with E-state index >= 15 is 0 Å². The first kappa shape index (κ1) is 89.1. The van der Waals surface area contributed by atoms with E-state index in [2.05, 4.69) is 48.5 Å². The van der Waals surface area contributed by atoms with Gasteiger partial charge in [0.15, 0.2) is 12.2 Å². The summed E-state index contributed by atoms with van der Waals surface area (Å²) in [4.78, 5) is 72.6. The van der Waals surface area contributed by atoms with Crippen LogP contribution in [-0.4, -0.2) is 96.7 Å². The Kier molecular flexibility index (Phi) is 61.5. The number of esters is 4. The number of rotatable bonds is 70. The lowest BCUT2D eigenvalue weighted by Crippen LogP contribution is -2.30. The third-order valence-electron chi connectivity index (χ3n) is 17.0. The topological polar surface area (TPSA) is 237 Å². The van der Waals surface area contributed by atoms with Crippen LogP contribution in [0.15, 0.2) is 0 Å². The molecular weight excluding hydrogens is 1200 g/mol. The molecular formula is C72H140O17P2. The van der Waals surface area contributed by atoms with Gasteiger partial charge in [-0.1, -0.05) is 312 Å². The van der Waals surface area contributed by atoms with Gasteiger partial charge in [-0.25, -0.2) is 9.13 Å². The summed E-state index contributed by atoms with van der Waals surface area (Å²) in [7, 11) is -9.90. The molecule has 3 N–H and O–H groups in total. The number of aliphatic hydroxyl groups is 1. The molecule has 6 atom stereocenters. The molecule has 0 bridgehead atoms. The van der Waals surface area contributed by atoms with E-state index in [4.69, 9.17) is 37.0 Å². The summed E-state index contributed by atoms with van der Waals surface area (Å²) in [6, 6.07) is 0. The minimum Gasteiger partial charge on any atom is -0.462 e. The molecule has 0 rings (SSSR count). The lowest BCUT2D eigenvalue weighted by molar-refractivity contribution is -0.161. The van der Waals surface area contributed by atoms with E-state index in [-0.39, 0.29) is 25.7 Å². The Labute approximate surface area is 556 Å². The van der Waals surface area contributed by atoms with E-state index in [0.717, 1.165) is 108 Å². The molecule has 0 aliphatic carbocycles. The maximum absolute atomic E-state index is 13.0. The number of phosphoric acid groups is 2. The van der Waals surface area contributed by atoms with Crippen LogP contribution in [-0.2, 0) is 65.4 Å². The van der Waals surface area contributed by atoms with Gasteiger partial charge in [0.1, 0.15) is 19.3 Å². The van der Waals surface area contributed by atoms with Crippen molar-refractivity contribution in [2.75, 3.05) is 39.6 Å². The normalized spacial score (nSPS) is 14.5. The number of carbonyl (C=O) groups excluding carboxylic acids is 4. The molecule has 0 amide bonds. The van der Waals surface area contributed by atoms with Crippen LogP contribution < -0.4 is 0 Å². The minimum absolute atomic E-state index is 0.106. The average molecular weight is 1340 g/mol. The summed E-state index contributed by atoms with van der Waals surface area (Å²) in [5, 5.41) is 10.6. The van der Waals surface area contributed by atoms with Crippen molar-refractivity contribution in [2.45, 2.75) is 381 Å². The second kappa shape index (κ2) is 62.8. The highest BCUT2D eigenvalue weighted by atomic mass is 31.2. The molecule has 0 aromatic rings. The Morgan fingerprint density at radius 1 is 0.319 bits per heavy atom. The van der Waals surface area contributed by atoms with Gasteiger partial charge in [-0.05, 0) is 43.4 Å². The molecule has 0 aromatic carbocycles. The second-order valence-corrected chi connectivity index (χ2v) is 30.1. The highest BCUT2D eigenvalue weighted by Gasteiger charge is 2.30. The summed E-state index contributed by atoms with van der Waals surface area (Å²) in [5.41, 5.74) is 0. The lowest BCUT2D eigenvalue weighted by Gasteiger charge is -2.21. The van der Waals surface area contributed by atoms with Gasteiger partial charge in [0, 0.05) is 25.7 Å². The SMILES string of the molecule is CCCCCCCCCCCC(=O)OC[C@H](COP(=O)(O)OC[C@H](O)COP(=O)(O)OC[C@@H](COC(=O)CCCCCCCCCCCCC(C)CC)OC(=O)CCCCCCCCCCCCCCC(C)C)OC(=O)CCCCCCCCCCCCC(C)C. The Balaban J connectivity index is 5.25. The van der Waals surface area contributed by atoms with E-state index in [0.29, 0.717) is 25.7 Å². The molecule has 0 saturated heterocycles. The minimum atomic E-state index is -4.95. The standard InChI is InChI=1S/C72H140O17P2/c1-8-10-11-12-13-22-32-39-46-53-69(74)82-59-67(89-72(77)56-49-42-35-28-20-18-24-30-37-44-51-64(5)6)61-86-90(78,79)84-57-66(73)58-85-91(80,81)87-62-68(60-83-70(75)54-47-40-33-26-21-19-25-31-38-45-52-65(7)9-2)88-71(76)55-48-41-34-27-17-15-14-16-23-29-36-43-50-63(3)4/h63-68,73H,8-62H2,1-7H3,(H,78,79)(H,80,81)/t65?,66-,67+,68+/m0/s1. The van der Waals surface area contributed by atoms with Crippen LogP contribution >= 0.6 is 15.6 Å². The third-order valence-corrected chi connectivity index (χ3v) is 18.9. The van der Waals surface area contributed by atoms with Gasteiger partial charge >= 0.3 is 39.5 Å². The molecule has 0 saturated carbocycles. The summed E-state index contributed by atoms with van der Waals surface area (Å²) >= 11 is 0. The first-order valence-corrected chi connectivity index (χ1v) is 40.4. The van der Waals surface area contributed by atoms with E-state index < -0.39 is 97.5 Å². The molecule has 0 spiro atoms. The van der Waals surface area contributed by atoms with Gasteiger partial charge in [-0.2, -0.15) is 0 Å². The molecule has 91 heavy (non-hydrogen) atoms. The van der Waals surface area contributed by atoms with E-state index in [1.165, 1.54) is 173 Å². The van der Waals surface area contributed by atoms with Crippen LogP contribution in [0.25, 0.3) is 0 Å². The first-order chi connectivity index (χ1) is 43.8. The molecule has 540 valence electrons. The molecule has 0 heterocycles. The second-order valence-electron chi connectivity index (χ2n) is 27.2. The summed E-state index contributed by atoms with van der Waals surface area (Å²) in [6.07, 6.45) is 47.0. The lowest BCUT2D eigenvalue weighted by atomic mass is 9.99. The number of hydrogen-bond acceptors (Lipinski definition) is 15. The maximum atomic E-state index is 13.0. The van der Waals surface area contributed by atoms with Gasteiger partial charge in [0.25, 0.3) is 0 Å². The molecule has 0 aromatic heterocycles. The van der Waals surface area contributed by atoms with Crippen molar-refractivity contribution in [1.82, 2.24) is 0 Å².